The van der Waals surface area contributed by atoms with Gasteiger partial charge in [-0.25, -0.2) is 0 Å². The Hall–Kier alpha value is -1.41. The Morgan fingerprint density at radius 2 is 1.92 bits per heavy atom. The molecule has 2 heteroatoms. The predicted octanol–water partition coefficient (Wildman–Crippen LogP) is 3.01. The maximum absolute atomic E-state index is 4.27. The first-order valence-corrected chi connectivity index (χ1v) is 4.09. The Labute approximate surface area is 78.2 Å². The van der Waals surface area contributed by atoms with Crippen LogP contribution >= 0.6 is 0 Å². The van der Waals surface area contributed by atoms with Crippen molar-refractivity contribution in [1.82, 2.24) is 11.1 Å². The number of nitrogens with zero attached hydrogens (tertiary/aromatic N) is 1. The van der Waals surface area contributed by atoms with Crippen LogP contribution in [0.4, 0.5) is 0 Å². The number of aromatic nitrogens is 1. The molecule has 1 aromatic heterocycles. The van der Waals surface area contributed by atoms with Crippen LogP contribution in [0.2, 0.25) is 0 Å². The van der Waals surface area contributed by atoms with Crippen LogP contribution < -0.4 is 6.15 Å². The lowest BCUT2D eigenvalue weighted by Gasteiger charge is -2.00. The molecule has 2 aromatic rings. The minimum atomic E-state index is 0. The van der Waals surface area contributed by atoms with Crippen molar-refractivity contribution in [3.63, 3.8) is 0 Å². The molecule has 3 N–H and O–H groups in total. The van der Waals surface area contributed by atoms with E-state index in [1.54, 1.807) is 0 Å². The standard InChI is InChI=1S/C11H11N.H3N/c1-8-4-3-5-10-6-9(2)12-7-11(8)10;/h3-7H,1-2H3;1H3. The molecule has 0 unspecified atom stereocenters. The first kappa shape index (κ1) is 9.68. The number of rotatable bonds is 0. The van der Waals surface area contributed by atoms with E-state index in [1.165, 1.54) is 16.3 Å². The Bertz CT molecular complexity index is 421. The molecule has 0 fully saturated rings. The zero-order valence-corrected chi connectivity index (χ0v) is 8.04. The molecule has 13 heavy (non-hydrogen) atoms. The summed E-state index contributed by atoms with van der Waals surface area (Å²) < 4.78 is 0. The summed E-state index contributed by atoms with van der Waals surface area (Å²) in [6.45, 7) is 4.13. The van der Waals surface area contributed by atoms with E-state index in [4.69, 9.17) is 0 Å². The predicted molar refractivity (Wildman–Crippen MR) is 56.2 cm³/mol. The Morgan fingerprint density at radius 1 is 1.15 bits per heavy atom. The van der Waals surface area contributed by atoms with Crippen LogP contribution in [-0.4, -0.2) is 4.98 Å². The molecule has 2 nitrogen and oxygen atoms in total. The van der Waals surface area contributed by atoms with Gasteiger partial charge in [0.05, 0.1) is 0 Å². The lowest BCUT2D eigenvalue weighted by Crippen LogP contribution is -1.83. The van der Waals surface area contributed by atoms with Gasteiger partial charge in [0.2, 0.25) is 0 Å². The van der Waals surface area contributed by atoms with Crippen molar-refractivity contribution in [1.29, 1.82) is 0 Å². The number of aryl methyl sites for hydroxylation is 2. The van der Waals surface area contributed by atoms with Crippen LogP contribution in [0.3, 0.4) is 0 Å². The van der Waals surface area contributed by atoms with E-state index >= 15 is 0 Å². The summed E-state index contributed by atoms with van der Waals surface area (Å²) in [5, 5.41) is 2.53. The first-order valence-electron chi connectivity index (χ1n) is 4.09. The third-order valence-corrected chi connectivity index (χ3v) is 2.12. The van der Waals surface area contributed by atoms with E-state index in [0.717, 1.165) is 5.69 Å². The van der Waals surface area contributed by atoms with Crippen LogP contribution in [0.5, 0.6) is 0 Å². The highest BCUT2D eigenvalue weighted by molar-refractivity contribution is 5.84. The van der Waals surface area contributed by atoms with Crippen LogP contribution in [0.15, 0.2) is 30.5 Å². The normalized spacial score (nSPS) is 9.69. The molecule has 1 aromatic carbocycles. The fraction of sp³-hybridized carbons (Fsp3) is 0.182. The molecule has 0 aliphatic carbocycles. The summed E-state index contributed by atoms with van der Waals surface area (Å²) in [5.41, 5.74) is 2.37. The van der Waals surface area contributed by atoms with E-state index in [1.807, 2.05) is 13.1 Å². The number of pyridine rings is 1. The lowest BCUT2D eigenvalue weighted by atomic mass is 10.1. The summed E-state index contributed by atoms with van der Waals surface area (Å²) in [5.74, 6) is 0. The Morgan fingerprint density at radius 3 is 2.69 bits per heavy atom. The van der Waals surface area contributed by atoms with Crippen molar-refractivity contribution in [3.05, 3.63) is 41.7 Å². The SMILES string of the molecule is Cc1cc2cccc(C)c2cn1.N. The van der Waals surface area contributed by atoms with Gasteiger partial charge in [0.15, 0.2) is 0 Å². The number of benzene rings is 1. The fourth-order valence-electron chi connectivity index (χ4n) is 1.43. The van der Waals surface area contributed by atoms with Gasteiger partial charge in [-0.05, 0) is 30.9 Å². The van der Waals surface area contributed by atoms with Gasteiger partial charge in [0.1, 0.15) is 0 Å². The molecule has 2 rings (SSSR count). The molecule has 68 valence electrons. The molecule has 1 heterocycles. The molecule has 0 amide bonds. The summed E-state index contributed by atoms with van der Waals surface area (Å²) in [6, 6.07) is 8.43. The van der Waals surface area contributed by atoms with Gasteiger partial charge in [-0.1, -0.05) is 18.2 Å². The molecule has 0 aliphatic heterocycles. The van der Waals surface area contributed by atoms with Crippen molar-refractivity contribution >= 4 is 10.8 Å². The Kier molecular flexibility index (Phi) is 2.63. The van der Waals surface area contributed by atoms with Crippen LogP contribution in [0.25, 0.3) is 10.8 Å². The molecule has 0 saturated carbocycles. The van der Waals surface area contributed by atoms with Gasteiger partial charge in [0.25, 0.3) is 0 Å². The minimum Gasteiger partial charge on any atom is -0.344 e. The molecule has 0 radical (unpaired) electrons. The van der Waals surface area contributed by atoms with Crippen molar-refractivity contribution in [2.24, 2.45) is 0 Å². The van der Waals surface area contributed by atoms with Gasteiger partial charge in [-0.3, -0.25) is 4.98 Å². The Balaban J connectivity index is 0.000000845. The van der Waals surface area contributed by atoms with Crippen LogP contribution in [0.1, 0.15) is 11.3 Å². The maximum Gasteiger partial charge on any atom is 0.0379 e. The van der Waals surface area contributed by atoms with Crippen LogP contribution in [0, 0.1) is 13.8 Å². The summed E-state index contributed by atoms with van der Waals surface area (Å²) in [4.78, 5) is 4.27. The number of hydrogen-bond donors (Lipinski definition) is 1. The molecule has 0 spiro atoms. The van der Waals surface area contributed by atoms with E-state index in [9.17, 15) is 0 Å². The number of fused-ring (bicyclic) bond motifs is 1. The lowest BCUT2D eigenvalue weighted by molar-refractivity contribution is 1.22. The zero-order chi connectivity index (χ0) is 8.55. The van der Waals surface area contributed by atoms with E-state index in [0.29, 0.717) is 0 Å². The average Bonchev–Trinajstić information content (AvgIpc) is 2.04. The van der Waals surface area contributed by atoms with E-state index in [-0.39, 0.29) is 6.15 Å². The van der Waals surface area contributed by atoms with E-state index < -0.39 is 0 Å². The summed E-state index contributed by atoms with van der Waals surface area (Å²) in [6.07, 6.45) is 1.94. The highest BCUT2D eigenvalue weighted by Crippen LogP contribution is 2.17. The second-order valence-corrected chi connectivity index (χ2v) is 3.12. The second kappa shape index (κ2) is 3.54. The number of hydrogen-bond acceptors (Lipinski definition) is 2. The van der Waals surface area contributed by atoms with Crippen molar-refractivity contribution in [3.8, 4) is 0 Å². The summed E-state index contributed by atoms with van der Waals surface area (Å²) in [7, 11) is 0. The first-order chi connectivity index (χ1) is 5.77. The quantitative estimate of drug-likeness (QED) is 0.667. The third-order valence-electron chi connectivity index (χ3n) is 2.12. The topological polar surface area (TPSA) is 47.9 Å². The zero-order valence-electron chi connectivity index (χ0n) is 8.04. The second-order valence-electron chi connectivity index (χ2n) is 3.12. The van der Waals surface area contributed by atoms with E-state index in [2.05, 4.69) is 36.2 Å². The monoisotopic (exact) mass is 174 g/mol. The van der Waals surface area contributed by atoms with Crippen molar-refractivity contribution in [2.75, 3.05) is 0 Å². The smallest absolute Gasteiger partial charge is 0.0379 e. The minimum absolute atomic E-state index is 0. The van der Waals surface area contributed by atoms with Crippen LogP contribution in [-0.2, 0) is 0 Å². The third kappa shape index (κ3) is 1.68. The molecule has 0 saturated heterocycles. The van der Waals surface area contributed by atoms with Crippen molar-refractivity contribution < 1.29 is 0 Å². The van der Waals surface area contributed by atoms with Gasteiger partial charge in [0, 0.05) is 17.3 Å². The highest BCUT2D eigenvalue weighted by Gasteiger charge is 1.95. The van der Waals surface area contributed by atoms with Gasteiger partial charge >= 0.3 is 0 Å². The molecule has 0 aliphatic rings. The molecular weight excluding hydrogens is 160 g/mol. The largest absolute Gasteiger partial charge is 0.344 e. The van der Waals surface area contributed by atoms with Gasteiger partial charge in [-0.15, -0.1) is 0 Å². The van der Waals surface area contributed by atoms with Gasteiger partial charge in [-0.2, -0.15) is 0 Å². The average molecular weight is 174 g/mol. The van der Waals surface area contributed by atoms with Gasteiger partial charge < -0.3 is 6.15 Å². The maximum atomic E-state index is 4.27. The summed E-state index contributed by atoms with van der Waals surface area (Å²) >= 11 is 0. The molecule has 0 bridgehead atoms. The fourth-order valence-corrected chi connectivity index (χ4v) is 1.43. The van der Waals surface area contributed by atoms with Crippen molar-refractivity contribution in [2.45, 2.75) is 13.8 Å². The molecule has 0 atom stereocenters. The highest BCUT2D eigenvalue weighted by atomic mass is 14.7. The molecular formula is C11H14N2.